The predicted octanol–water partition coefficient (Wildman–Crippen LogP) is 8.22. The number of benzene rings is 8. The molecule has 141 heavy (non-hydrogen) atoms. The number of nitrogen functional groups attached to an aromatic ring is 3. The molecule has 0 radical (unpaired) electrons. The van der Waals surface area contributed by atoms with Gasteiger partial charge in [-0.3, -0.25) is 46.1 Å². The van der Waals surface area contributed by atoms with Crippen molar-refractivity contribution in [2.45, 2.75) is 83.1 Å². The van der Waals surface area contributed by atoms with Crippen LogP contribution in [0.2, 0.25) is 0 Å². The van der Waals surface area contributed by atoms with Crippen LogP contribution in [0.1, 0.15) is 127 Å². The van der Waals surface area contributed by atoms with E-state index in [1.807, 2.05) is 88.4 Å². The van der Waals surface area contributed by atoms with Gasteiger partial charge in [-0.1, -0.05) is 13.0 Å². The number of hydrogen-bond donors (Lipinski definition) is 18. The number of rotatable bonds is 39. The molecule has 758 valence electrons. The number of furan rings is 3. The highest BCUT2D eigenvalue weighted by atomic mass is 127. The van der Waals surface area contributed by atoms with Gasteiger partial charge in [0.25, 0.3) is 44.0 Å². The van der Waals surface area contributed by atoms with Crippen LogP contribution in [0.3, 0.4) is 0 Å². The summed E-state index contributed by atoms with van der Waals surface area (Å²) >= 11 is 3.98. The number of nitrogens with zero attached hydrogens (tertiary/aromatic N) is 2. The Bertz CT molecular complexity index is 7200. The van der Waals surface area contributed by atoms with E-state index in [9.17, 15) is 74.5 Å². The molecule has 8 aromatic carbocycles. The van der Waals surface area contributed by atoms with Crippen LogP contribution in [0, 0.1) is 28.8 Å². The molecule has 0 spiro atoms. The van der Waals surface area contributed by atoms with Gasteiger partial charge in [0.15, 0.2) is 42.5 Å². The molecule has 0 saturated carbocycles. The molecule has 4 atom stereocenters. The molecule has 1 fully saturated rings. The third-order valence-corrected chi connectivity index (χ3v) is 26.9. The molecule has 0 aliphatic carbocycles. The summed E-state index contributed by atoms with van der Waals surface area (Å²) < 4.78 is 199. The molecule has 1 aliphatic rings. The molecule has 4 heterocycles. The summed E-state index contributed by atoms with van der Waals surface area (Å²) in [6.45, 7) is 11.3. The number of hydrogen-bond acceptors (Lipinski definition) is 33. The fourth-order valence-electron chi connectivity index (χ4n) is 13.5. The predicted molar refractivity (Wildman–Crippen MR) is 549 cm³/mol. The maximum atomic E-state index is 13.3. The molecule has 12 rings (SSSR count). The van der Waals surface area contributed by atoms with Crippen molar-refractivity contribution < 1.29 is 111 Å². The first-order valence-electron chi connectivity index (χ1n) is 42.4. The molecular formula is C88H106I2N20O25S6. The monoisotopic (exact) mass is 2290 g/mol. The van der Waals surface area contributed by atoms with E-state index in [-0.39, 0.29) is 79.3 Å². The number of fused-ring (bicyclic) bond motifs is 3. The van der Waals surface area contributed by atoms with Crippen molar-refractivity contribution in [3.05, 3.63) is 239 Å². The number of ether oxygens (including phenoxy) is 5. The first-order valence-corrected chi connectivity index (χ1v) is 54.6. The smallest absolute Gasteiger partial charge is 0.412 e. The Kier molecular flexibility index (Phi) is 38.9. The quantitative estimate of drug-likeness (QED) is 0.00979. The van der Waals surface area contributed by atoms with E-state index in [4.69, 9.17) is 86.1 Å². The minimum absolute atomic E-state index is 0.0877. The average Bonchev–Trinajstić information content (AvgIpc) is 1.68. The number of alkyl carbamates (subject to hydrolysis) is 1. The highest BCUT2D eigenvalue weighted by Gasteiger charge is 2.35. The summed E-state index contributed by atoms with van der Waals surface area (Å²) in [5.74, 6) is -1.90. The topological polar surface area (TPSA) is 716 Å². The molecule has 0 bridgehead atoms. The van der Waals surface area contributed by atoms with Crippen LogP contribution >= 0.6 is 45.2 Å². The minimum atomic E-state index is -4.34. The molecule has 4 unspecified atom stereocenters. The number of amides is 5. The van der Waals surface area contributed by atoms with Gasteiger partial charge >= 0.3 is 26.5 Å². The third kappa shape index (κ3) is 33.1. The summed E-state index contributed by atoms with van der Waals surface area (Å²) in [5.41, 5.74) is 23.4. The second-order valence-corrected chi connectivity index (χ2v) is 43.9. The molecule has 5 amide bonds. The van der Waals surface area contributed by atoms with Gasteiger partial charge in [-0.15, -0.1) is 0 Å². The summed E-state index contributed by atoms with van der Waals surface area (Å²) in [4.78, 5) is 63.9. The number of anilines is 4. The van der Waals surface area contributed by atoms with Crippen LogP contribution in [0.5, 0.6) is 17.2 Å². The zero-order chi connectivity index (χ0) is 104. The molecule has 45 nitrogen and oxygen atoms in total. The number of nitrogens with one attached hydrogen (secondary N) is 13. The fraction of sp³-hybridized carbons (Fsp3) is 0.284. The second kappa shape index (κ2) is 49.0. The standard InChI is InChI=1S/C25H31N5O7S.C23H31N5O6S.C21H24IN5O6S2.C19H20IN5O6S2/c1-4-7-19-13-17-12-16(14-20(35-5-2)22(17)37-19)21(24(31)30-38(27,33)34)28-18-10-8-15(9-11-18)23(26)29-25(32)36-6-3;1-3-33-19-10-7-17(15-20(19)34-4-2)21(26-18-8-5-16(6-9-18)22(24)25)23(29)27-35(30,31)28-11-13-32-14-12-28;1-27(2)35(31,32)26-21(28)18(25-15-6-4-12(5-7-15)20(23)24)13-8-14-9-16(11-34(3,29)30)33-19(14)17(22)10-13;1-32(27,28)9-14-7-12-6-11(8-15(20)17(12)31-14)16(19(26)25-33(23,29)30)24-13-4-2-10(3-5-13)18(21)22/h8-14,21,28H,4-7H2,1-3H3,(H,30,31)(H2,26,29,32)(H2,27,33,34);5-10,15,21,26H,3-4,11-14H2,1-2H3,(H3,24,25)(H,27,29);4-10,18,25H,11H2,1-3H3,(H3,23,24)(H,26,28);2-8,16,24H,9H2,1H3,(H3,21,22)(H,25,26)(H2,23,29,30). The van der Waals surface area contributed by atoms with Crippen molar-refractivity contribution in [2.24, 2.45) is 27.5 Å². The van der Waals surface area contributed by atoms with Gasteiger partial charge in [0.05, 0.1) is 46.8 Å². The summed E-state index contributed by atoms with van der Waals surface area (Å²) in [6.07, 6.45) is 3.03. The molecule has 1 aliphatic heterocycles. The van der Waals surface area contributed by atoms with E-state index >= 15 is 0 Å². The summed E-state index contributed by atoms with van der Waals surface area (Å²) in [5, 5.41) is 56.8. The number of halogens is 2. The number of carbonyl (C=O) groups is 5. The van der Waals surface area contributed by atoms with E-state index in [1.165, 1.54) is 18.4 Å². The minimum Gasteiger partial charge on any atom is -0.490 e. The zero-order valence-corrected chi connectivity index (χ0v) is 86.4. The highest BCUT2D eigenvalue weighted by Crippen LogP contribution is 2.39. The van der Waals surface area contributed by atoms with Crippen LogP contribution in [-0.4, -0.2) is 192 Å². The number of sulfone groups is 2. The van der Waals surface area contributed by atoms with Gasteiger partial charge in [-0.05, 0) is 265 Å². The van der Waals surface area contributed by atoms with Crippen LogP contribution < -0.4 is 87.2 Å². The Morgan fingerprint density at radius 1 is 0.426 bits per heavy atom. The molecule has 23 N–H and O–H groups in total. The van der Waals surface area contributed by atoms with Crippen molar-refractivity contribution in [1.29, 1.82) is 21.6 Å². The van der Waals surface area contributed by atoms with E-state index < -0.39 is 114 Å². The van der Waals surface area contributed by atoms with Crippen LogP contribution in [0.15, 0.2) is 183 Å². The first kappa shape index (κ1) is 112. The normalized spacial score (nSPS) is 13.3. The Morgan fingerprint density at radius 2 is 0.773 bits per heavy atom. The van der Waals surface area contributed by atoms with Gasteiger partial charge in [0, 0.05) is 107 Å². The number of carbonyl (C=O) groups excluding carboxylic acids is 5. The van der Waals surface area contributed by atoms with E-state index in [0.29, 0.717) is 144 Å². The highest BCUT2D eigenvalue weighted by molar-refractivity contribution is 14.1. The van der Waals surface area contributed by atoms with Crippen molar-refractivity contribution in [1.82, 2.24) is 32.8 Å². The van der Waals surface area contributed by atoms with Gasteiger partial charge in [-0.25, -0.2) is 50.8 Å². The van der Waals surface area contributed by atoms with Crippen molar-refractivity contribution in [3.63, 3.8) is 0 Å². The Hall–Kier alpha value is -12.8. The summed E-state index contributed by atoms with van der Waals surface area (Å²) in [6, 6.07) is 40.8. The zero-order valence-electron chi connectivity index (χ0n) is 77.2. The van der Waals surface area contributed by atoms with Crippen molar-refractivity contribution in [2.75, 3.05) is 101 Å². The van der Waals surface area contributed by atoms with Gasteiger partial charge in [0.2, 0.25) is 0 Å². The number of nitrogens with two attached hydrogens (primary N) is 5. The number of amidine groups is 4. The van der Waals surface area contributed by atoms with Crippen LogP contribution in [0.25, 0.3) is 32.9 Å². The van der Waals surface area contributed by atoms with E-state index in [1.54, 1.807) is 175 Å². The molecule has 3 aromatic heterocycles. The van der Waals surface area contributed by atoms with Gasteiger partial charge < -0.3 is 75.4 Å². The largest absolute Gasteiger partial charge is 0.490 e. The second-order valence-electron chi connectivity index (χ2n) is 31.2. The first-order chi connectivity index (χ1) is 66.2. The lowest BCUT2D eigenvalue weighted by atomic mass is 10.0. The molecule has 11 aromatic rings. The van der Waals surface area contributed by atoms with E-state index in [2.05, 4.69) is 31.3 Å². The Labute approximate surface area is 840 Å². The Morgan fingerprint density at radius 3 is 1.15 bits per heavy atom. The lowest BCUT2D eigenvalue weighted by Crippen LogP contribution is -2.50. The van der Waals surface area contributed by atoms with Gasteiger partial charge in [-0.2, -0.15) is 42.3 Å². The van der Waals surface area contributed by atoms with Crippen molar-refractivity contribution >= 4 is 214 Å². The summed E-state index contributed by atoms with van der Waals surface area (Å²) in [7, 11) is -20.9. The maximum Gasteiger partial charge on any atom is 0.412 e. The fourth-order valence-corrected chi connectivity index (χ4v) is 18.9. The lowest BCUT2D eigenvalue weighted by Gasteiger charge is -2.27. The molecular weight excluding hydrogens is 2180 g/mol. The van der Waals surface area contributed by atoms with Crippen LogP contribution in [-0.2, 0) is 107 Å². The van der Waals surface area contributed by atoms with Gasteiger partial charge in [0.1, 0.15) is 87.5 Å². The SMILES string of the molecule is CCCc1cc2cc(C(Nc3ccc(C(=N)NC(=O)OCC)cc3)C(=O)NS(N)(=O)=O)cc(OCC)c2o1.CCOc1ccc(C(Nc2ccc(C(=N)N)cc2)C(=O)NS(=O)(=O)N2CCOCC2)cc1OCC.CN(C)S(=O)(=O)NC(=O)C(Nc1ccc(C(=N)N)cc1)c1cc(I)c2oc(CS(C)(=O)=O)cc2c1.CS(=O)(=O)Cc1cc2cc(C(Nc3ccc(C(=N)N)cc3)C(=O)NS(N)(=O)=O)cc(I)c2o1. The van der Waals surface area contributed by atoms with Crippen molar-refractivity contribution in [3.8, 4) is 17.2 Å². The lowest BCUT2D eigenvalue weighted by molar-refractivity contribution is -0.121. The third-order valence-electron chi connectivity index (χ3n) is 19.7. The van der Waals surface area contributed by atoms with Crippen LogP contribution in [0.4, 0.5) is 27.5 Å². The number of aryl methyl sites for hydroxylation is 1. The average molecular weight is 2290 g/mol. The molecule has 53 heteroatoms. The molecule has 1 saturated heterocycles. The number of morpholine rings is 1. The van der Waals surface area contributed by atoms with E-state index in [0.717, 1.165) is 35.4 Å². The Balaban J connectivity index is 0.000000210. The maximum absolute atomic E-state index is 13.3.